The van der Waals surface area contributed by atoms with Crippen LogP contribution in [0.1, 0.15) is 54.9 Å². The first kappa shape index (κ1) is 24.0. The van der Waals surface area contributed by atoms with Gasteiger partial charge < -0.3 is 20.8 Å². The van der Waals surface area contributed by atoms with Crippen LogP contribution in [0.2, 0.25) is 0 Å². The van der Waals surface area contributed by atoms with E-state index in [1.165, 1.54) is 13.8 Å². The van der Waals surface area contributed by atoms with Crippen LogP contribution in [-0.4, -0.2) is 52.5 Å². The number of hydrogen-bond donors (Lipinski definition) is 4. The van der Waals surface area contributed by atoms with E-state index in [0.29, 0.717) is 0 Å². The summed E-state index contributed by atoms with van der Waals surface area (Å²) < 4.78 is 0. The first-order valence-corrected chi connectivity index (χ1v) is 8.64. The van der Waals surface area contributed by atoms with Crippen LogP contribution in [-0.2, 0) is 19.2 Å². The van der Waals surface area contributed by atoms with Gasteiger partial charge in [0.1, 0.15) is 11.5 Å². The molecule has 0 bridgehead atoms. The number of carbonyl (C=O) groups excluding carboxylic acids is 3. The Labute approximate surface area is 154 Å². The highest BCUT2D eigenvalue weighted by Gasteiger charge is 2.41. The Balaban J connectivity index is 5.37. The fraction of sp³-hybridized carbons (Fsp3) is 0.778. The molecule has 0 aliphatic carbocycles. The van der Waals surface area contributed by atoms with Gasteiger partial charge in [-0.05, 0) is 26.2 Å². The summed E-state index contributed by atoms with van der Waals surface area (Å²) >= 11 is 0. The Morgan fingerprint density at radius 3 is 1.77 bits per heavy atom. The van der Waals surface area contributed by atoms with Crippen molar-refractivity contribution in [2.75, 3.05) is 6.61 Å². The van der Waals surface area contributed by atoms with Crippen molar-refractivity contribution in [3.63, 3.8) is 0 Å². The van der Waals surface area contributed by atoms with E-state index in [2.05, 4.69) is 10.6 Å². The molecule has 0 radical (unpaired) electrons. The molecule has 0 spiro atoms. The summed E-state index contributed by atoms with van der Waals surface area (Å²) in [5.74, 6) is -3.06. The molecule has 2 amide bonds. The molecular weight excluding hydrogens is 340 g/mol. The topological polar surface area (TPSA) is 133 Å². The highest BCUT2D eigenvalue weighted by atomic mass is 16.4. The summed E-state index contributed by atoms with van der Waals surface area (Å²) in [5.41, 5.74) is -2.43. The van der Waals surface area contributed by atoms with Gasteiger partial charge in [-0.1, -0.05) is 34.6 Å². The molecule has 0 heterocycles. The van der Waals surface area contributed by atoms with Crippen molar-refractivity contribution in [1.82, 2.24) is 10.6 Å². The highest BCUT2D eigenvalue weighted by molar-refractivity contribution is 6.06. The second kappa shape index (κ2) is 9.12. The summed E-state index contributed by atoms with van der Waals surface area (Å²) in [6.45, 7) is 10.6. The number of ketones is 1. The molecule has 0 unspecified atom stereocenters. The molecule has 8 heteroatoms. The SMILES string of the molecule is CC(C)C[C@H](NC(=O)[C@H](CO)NC(=O)C(C)(C)C)C(=O)C(C)(C)C(=O)O. The molecule has 0 rings (SSSR count). The molecule has 4 N–H and O–H groups in total. The molecule has 0 saturated carbocycles. The van der Waals surface area contributed by atoms with Crippen LogP contribution in [0.5, 0.6) is 0 Å². The summed E-state index contributed by atoms with van der Waals surface area (Å²) in [6.07, 6.45) is 0.243. The lowest BCUT2D eigenvalue weighted by atomic mass is 9.81. The second-order valence-corrected chi connectivity index (χ2v) is 8.44. The van der Waals surface area contributed by atoms with E-state index in [1.54, 1.807) is 20.8 Å². The normalized spacial score (nSPS) is 14.5. The highest BCUT2D eigenvalue weighted by Crippen LogP contribution is 2.22. The number of aliphatic carboxylic acids is 1. The maximum absolute atomic E-state index is 12.6. The predicted octanol–water partition coefficient (Wildman–Crippen LogP) is 0.720. The molecule has 0 aromatic rings. The van der Waals surface area contributed by atoms with E-state index in [9.17, 15) is 29.4 Å². The van der Waals surface area contributed by atoms with Gasteiger partial charge in [-0.25, -0.2) is 0 Å². The monoisotopic (exact) mass is 372 g/mol. The fourth-order valence-corrected chi connectivity index (χ4v) is 2.09. The Hall–Kier alpha value is -1.96. The lowest BCUT2D eigenvalue weighted by molar-refractivity contribution is -0.154. The minimum absolute atomic E-state index is 0.0191. The van der Waals surface area contributed by atoms with E-state index >= 15 is 0 Å². The van der Waals surface area contributed by atoms with Gasteiger partial charge in [0.05, 0.1) is 12.6 Å². The molecule has 0 saturated heterocycles. The van der Waals surface area contributed by atoms with Crippen molar-refractivity contribution in [3.8, 4) is 0 Å². The van der Waals surface area contributed by atoms with Crippen LogP contribution in [0.15, 0.2) is 0 Å². The van der Waals surface area contributed by atoms with Crippen molar-refractivity contribution in [2.24, 2.45) is 16.7 Å². The van der Waals surface area contributed by atoms with Crippen LogP contribution in [0.25, 0.3) is 0 Å². The minimum atomic E-state index is -1.67. The van der Waals surface area contributed by atoms with E-state index in [-0.39, 0.29) is 12.3 Å². The number of amides is 2. The Kier molecular flexibility index (Phi) is 8.43. The zero-order chi connectivity index (χ0) is 20.9. The zero-order valence-corrected chi connectivity index (χ0v) is 16.7. The maximum Gasteiger partial charge on any atom is 0.316 e. The first-order chi connectivity index (χ1) is 11.6. The number of hydrogen-bond acceptors (Lipinski definition) is 5. The number of aliphatic hydroxyl groups excluding tert-OH is 1. The van der Waals surface area contributed by atoms with E-state index in [0.717, 1.165) is 0 Å². The number of rotatable bonds is 9. The molecular formula is C18H32N2O6. The van der Waals surface area contributed by atoms with Crippen LogP contribution >= 0.6 is 0 Å². The van der Waals surface area contributed by atoms with Gasteiger partial charge in [-0.2, -0.15) is 0 Å². The average molecular weight is 372 g/mol. The minimum Gasteiger partial charge on any atom is -0.481 e. The predicted molar refractivity (Wildman–Crippen MR) is 96.3 cm³/mol. The summed E-state index contributed by atoms with van der Waals surface area (Å²) in [5, 5.41) is 23.6. The number of carboxylic acid groups (broad SMARTS) is 1. The number of carboxylic acids is 1. The average Bonchev–Trinajstić information content (AvgIpc) is 2.48. The molecule has 150 valence electrons. The lowest BCUT2D eigenvalue weighted by Gasteiger charge is -2.29. The number of Topliss-reactive ketones (excluding diaryl/α,β-unsaturated/α-hetero) is 1. The maximum atomic E-state index is 12.6. The van der Waals surface area contributed by atoms with Crippen LogP contribution in [0, 0.1) is 16.7 Å². The molecule has 0 aromatic heterocycles. The van der Waals surface area contributed by atoms with Gasteiger partial charge in [-0.15, -0.1) is 0 Å². The van der Waals surface area contributed by atoms with Crippen molar-refractivity contribution >= 4 is 23.6 Å². The molecule has 2 atom stereocenters. The van der Waals surface area contributed by atoms with Crippen LogP contribution in [0.3, 0.4) is 0 Å². The van der Waals surface area contributed by atoms with Crippen molar-refractivity contribution in [1.29, 1.82) is 0 Å². The zero-order valence-electron chi connectivity index (χ0n) is 16.7. The molecule has 8 nitrogen and oxygen atoms in total. The fourth-order valence-electron chi connectivity index (χ4n) is 2.09. The van der Waals surface area contributed by atoms with Gasteiger partial charge in [0, 0.05) is 5.41 Å². The third kappa shape index (κ3) is 6.74. The number of aliphatic hydroxyl groups is 1. The Bertz CT molecular complexity index is 548. The standard InChI is InChI=1S/C18H32N2O6/c1-10(2)8-11(13(22)18(6,7)16(25)26)19-14(23)12(9-21)20-15(24)17(3,4)5/h10-12,21H,8-9H2,1-7H3,(H,19,23)(H,20,24)(H,25,26)/t11-,12-/m0/s1. The smallest absolute Gasteiger partial charge is 0.316 e. The van der Waals surface area contributed by atoms with Crippen LogP contribution in [0.4, 0.5) is 0 Å². The molecule has 0 fully saturated rings. The molecule has 0 aliphatic heterocycles. The van der Waals surface area contributed by atoms with Crippen molar-refractivity contribution in [2.45, 2.75) is 67.0 Å². The van der Waals surface area contributed by atoms with Gasteiger partial charge in [0.2, 0.25) is 11.8 Å². The number of carbonyl (C=O) groups is 4. The van der Waals surface area contributed by atoms with E-state index in [4.69, 9.17) is 0 Å². The van der Waals surface area contributed by atoms with Gasteiger partial charge in [0.15, 0.2) is 5.78 Å². The van der Waals surface area contributed by atoms with Crippen LogP contribution < -0.4 is 10.6 Å². The summed E-state index contributed by atoms with van der Waals surface area (Å²) in [4.78, 5) is 48.5. The van der Waals surface area contributed by atoms with Gasteiger partial charge >= 0.3 is 5.97 Å². The van der Waals surface area contributed by atoms with Gasteiger partial charge in [-0.3, -0.25) is 19.2 Å². The summed E-state index contributed by atoms with van der Waals surface area (Å²) in [7, 11) is 0. The van der Waals surface area contributed by atoms with Crippen molar-refractivity contribution in [3.05, 3.63) is 0 Å². The Morgan fingerprint density at radius 1 is 0.923 bits per heavy atom. The molecule has 0 aliphatic rings. The Morgan fingerprint density at radius 2 is 1.42 bits per heavy atom. The number of nitrogens with one attached hydrogen (secondary N) is 2. The van der Waals surface area contributed by atoms with E-state index in [1.807, 2.05) is 13.8 Å². The molecule has 0 aromatic carbocycles. The quantitative estimate of drug-likeness (QED) is 0.441. The third-order valence-corrected chi connectivity index (χ3v) is 3.98. The molecule has 26 heavy (non-hydrogen) atoms. The lowest BCUT2D eigenvalue weighted by Crippen LogP contribution is -2.57. The van der Waals surface area contributed by atoms with Crippen molar-refractivity contribution < 1.29 is 29.4 Å². The van der Waals surface area contributed by atoms with Gasteiger partial charge in [0.25, 0.3) is 0 Å². The second-order valence-electron chi connectivity index (χ2n) is 8.44. The largest absolute Gasteiger partial charge is 0.481 e. The first-order valence-electron chi connectivity index (χ1n) is 8.64. The summed E-state index contributed by atoms with van der Waals surface area (Å²) in [6, 6.07) is -2.26. The third-order valence-electron chi connectivity index (χ3n) is 3.98. The van der Waals surface area contributed by atoms with E-state index < -0.39 is 53.1 Å².